The van der Waals surface area contributed by atoms with Gasteiger partial charge in [-0.05, 0) is 54.8 Å². The number of hydrogen-bond acceptors (Lipinski definition) is 6. The van der Waals surface area contributed by atoms with E-state index in [1.165, 1.54) is 29.0 Å². The zero-order valence-corrected chi connectivity index (χ0v) is 16.6. The lowest BCUT2D eigenvalue weighted by molar-refractivity contribution is 0.122. The molecular weight excluding hydrogens is 375 g/mol. The summed E-state index contributed by atoms with van der Waals surface area (Å²) in [5.74, 6) is 1.02. The molecule has 3 aromatic rings. The van der Waals surface area contributed by atoms with Gasteiger partial charge in [-0.1, -0.05) is 23.5 Å². The highest BCUT2D eigenvalue weighted by Crippen LogP contribution is 2.30. The van der Waals surface area contributed by atoms with Crippen molar-refractivity contribution in [3.8, 4) is 10.4 Å². The number of likely N-dealkylation sites (N-methyl/N-ethyl adjacent to an activating group) is 1. The summed E-state index contributed by atoms with van der Waals surface area (Å²) in [5.41, 5.74) is 2.18. The van der Waals surface area contributed by atoms with Gasteiger partial charge >= 0.3 is 0 Å². The van der Waals surface area contributed by atoms with Crippen molar-refractivity contribution in [3.05, 3.63) is 60.2 Å². The Bertz CT molecular complexity index is 915. The van der Waals surface area contributed by atoms with Gasteiger partial charge in [-0.3, -0.25) is 0 Å². The molecule has 3 heterocycles. The molecule has 0 aliphatic carbocycles. The van der Waals surface area contributed by atoms with Crippen LogP contribution in [0.2, 0.25) is 0 Å². The molecule has 0 radical (unpaired) electrons. The van der Waals surface area contributed by atoms with E-state index in [4.69, 9.17) is 4.74 Å². The number of hydrogen-bond donors (Lipinski definition) is 1. The number of pyridine rings is 1. The minimum Gasteiger partial charge on any atom is -0.380 e. The van der Waals surface area contributed by atoms with Gasteiger partial charge in [-0.15, -0.1) is 0 Å². The highest BCUT2D eigenvalue weighted by molar-refractivity contribution is 7.18. The molecule has 1 atom stereocenters. The zero-order valence-electron chi connectivity index (χ0n) is 15.8. The second-order valence-electron chi connectivity index (χ2n) is 7.12. The average Bonchev–Trinajstić information content (AvgIpc) is 3.04. The Labute approximate surface area is 168 Å². The molecule has 0 amide bonds. The molecular formula is C21H23FN4OS. The maximum atomic E-state index is 13.1. The summed E-state index contributed by atoms with van der Waals surface area (Å²) in [6.45, 7) is 3.62. The Morgan fingerprint density at radius 3 is 2.96 bits per heavy atom. The fourth-order valence-electron chi connectivity index (χ4n) is 3.37. The molecule has 1 aromatic carbocycles. The quantitative estimate of drug-likeness (QED) is 0.698. The van der Waals surface area contributed by atoms with Crippen molar-refractivity contribution in [2.45, 2.75) is 6.42 Å². The van der Waals surface area contributed by atoms with Crippen LogP contribution in [0.15, 0.2) is 48.8 Å². The summed E-state index contributed by atoms with van der Waals surface area (Å²) in [6.07, 6.45) is 4.58. The molecule has 4 rings (SSSR count). The first-order valence-corrected chi connectivity index (χ1v) is 10.2. The smallest absolute Gasteiger partial charge is 0.188 e. The SMILES string of the molecule is CN1CCOCC(Cc2ccnc(Nc3ncc(-c4ccc(F)cc4)s3)c2)C1. The Balaban J connectivity index is 1.43. The third-order valence-electron chi connectivity index (χ3n) is 4.76. The van der Waals surface area contributed by atoms with E-state index in [0.29, 0.717) is 5.92 Å². The van der Waals surface area contributed by atoms with Gasteiger partial charge in [-0.2, -0.15) is 0 Å². The van der Waals surface area contributed by atoms with E-state index in [9.17, 15) is 4.39 Å². The van der Waals surface area contributed by atoms with Gasteiger partial charge in [0.1, 0.15) is 11.6 Å². The van der Waals surface area contributed by atoms with E-state index in [0.717, 1.165) is 54.1 Å². The Kier molecular flexibility index (Phi) is 5.95. The van der Waals surface area contributed by atoms with E-state index in [1.807, 2.05) is 6.20 Å². The van der Waals surface area contributed by atoms with Crippen LogP contribution >= 0.6 is 11.3 Å². The van der Waals surface area contributed by atoms with Crippen LogP contribution in [0, 0.1) is 11.7 Å². The number of aromatic nitrogens is 2. The molecule has 5 nitrogen and oxygen atoms in total. The number of halogens is 1. The number of nitrogens with one attached hydrogen (secondary N) is 1. The summed E-state index contributed by atoms with van der Waals surface area (Å²) in [4.78, 5) is 12.2. The van der Waals surface area contributed by atoms with Crippen molar-refractivity contribution in [3.63, 3.8) is 0 Å². The summed E-state index contributed by atoms with van der Waals surface area (Å²) in [7, 11) is 2.14. The lowest BCUT2D eigenvalue weighted by atomic mass is 10.0. The van der Waals surface area contributed by atoms with Crippen LogP contribution in [0.25, 0.3) is 10.4 Å². The van der Waals surface area contributed by atoms with Crippen molar-refractivity contribution in [1.29, 1.82) is 0 Å². The van der Waals surface area contributed by atoms with Crippen LogP contribution < -0.4 is 5.32 Å². The minimum absolute atomic E-state index is 0.238. The van der Waals surface area contributed by atoms with Crippen molar-refractivity contribution < 1.29 is 9.13 Å². The van der Waals surface area contributed by atoms with Gasteiger partial charge in [0.25, 0.3) is 0 Å². The van der Waals surface area contributed by atoms with E-state index in [-0.39, 0.29) is 5.82 Å². The lowest BCUT2D eigenvalue weighted by Crippen LogP contribution is -2.27. The van der Waals surface area contributed by atoms with Crippen LogP contribution in [0.4, 0.5) is 15.3 Å². The number of thiazole rings is 1. The monoisotopic (exact) mass is 398 g/mol. The number of rotatable bonds is 5. The molecule has 2 aromatic heterocycles. The maximum absolute atomic E-state index is 13.1. The van der Waals surface area contributed by atoms with Crippen molar-refractivity contribution in [1.82, 2.24) is 14.9 Å². The summed E-state index contributed by atoms with van der Waals surface area (Å²) in [6, 6.07) is 10.6. The Hall–Kier alpha value is -2.35. The molecule has 1 unspecified atom stereocenters. The third kappa shape index (κ3) is 4.92. The van der Waals surface area contributed by atoms with Gasteiger partial charge in [0, 0.05) is 25.5 Å². The standard InChI is InChI=1S/C21H23FN4OS/c1-26-8-9-27-14-16(13-26)10-15-6-7-23-20(11-15)25-21-24-12-19(28-21)17-2-4-18(22)5-3-17/h2-7,11-12,16H,8-10,13-14H2,1H3,(H,23,24,25). The molecule has 1 fully saturated rings. The molecule has 0 bridgehead atoms. The Morgan fingerprint density at radius 1 is 1.25 bits per heavy atom. The van der Waals surface area contributed by atoms with E-state index in [2.05, 4.69) is 39.4 Å². The average molecular weight is 399 g/mol. The normalized spacial score (nSPS) is 18.0. The fraction of sp³-hybridized carbons (Fsp3) is 0.333. The third-order valence-corrected chi connectivity index (χ3v) is 5.72. The predicted molar refractivity (Wildman–Crippen MR) is 111 cm³/mol. The van der Waals surface area contributed by atoms with Crippen LogP contribution in [-0.4, -0.2) is 48.2 Å². The molecule has 1 aliphatic heterocycles. The van der Waals surface area contributed by atoms with E-state index in [1.54, 1.807) is 18.3 Å². The minimum atomic E-state index is -0.238. The van der Waals surface area contributed by atoms with Crippen LogP contribution in [-0.2, 0) is 11.2 Å². The predicted octanol–water partition coefficient (Wildman–Crippen LogP) is 4.21. The molecule has 0 saturated carbocycles. The number of benzene rings is 1. The highest BCUT2D eigenvalue weighted by Gasteiger charge is 2.17. The summed E-state index contributed by atoms with van der Waals surface area (Å²) >= 11 is 1.52. The summed E-state index contributed by atoms with van der Waals surface area (Å²) in [5, 5.41) is 4.05. The molecule has 146 valence electrons. The van der Waals surface area contributed by atoms with Crippen molar-refractivity contribution >= 4 is 22.3 Å². The second-order valence-corrected chi connectivity index (χ2v) is 8.15. The first kappa shape index (κ1) is 19.0. The number of anilines is 2. The van der Waals surface area contributed by atoms with Crippen molar-refractivity contribution in [2.75, 3.05) is 38.7 Å². The largest absolute Gasteiger partial charge is 0.380 e. The van der Waals surface area contributed by atoms with Gasteiger partial charge < -0.3 is 15.0 Å². The van der Waals surface area contributed by atoms with Crippen LogP contribution in [0.3, 0.4) is 0 Å². The van der Waals surface area contributed by atoms with E-state index < -0.39 is 0 Å². The summed E-state index contributed by atoms with van der Waals surface area (Å²) < 4.78 is 18.8. The Morgan fingerprint density at radius 2 is 2.11 bits per heavy atom. The molecule has 28 heavy (non-hydrogen) atoms. The lowest BCUT2D eigenvalue weighted by Gasteiger charge is -2.19. The fourth-order valence-corrected chi connectivity index (χ4v) is 4.20. The second kappa shape index (κ2) is 8.77. The van der Waals surface area contributed by atoms with Gasteiger partial charge in [0.2, 0.25) is 0 Å². The van der Waals surface area contributed by atoms with Gasteiger partial charge in [0.15, 0.2) is 5.13 Å². The number of ether oxygens (including phenoxy) is 1. The first-order chi connectivity index (χ1) is 13.7. The first-order valence-electron chi connectivity index (χ1n) is 9.36. The van der Waals surface area contributed by atoms with Crippen LogP contribution in [0.5, 0.6) is 0 Å². The van der Waals surface area contributed by atoms with Crippen LogP contribution in [0.1, 0.15) is 5.56 Å². The molecule has 1 N–H and O–H groups in total. The van der Waals surface area contributed by atoms with Gasteiger partial charge in [0.05, 0.1) is 18.1 Å². The topological polar surface area (TPSA) is 50.3 Å². The highest BCUT2D eigenvalue weighted by atomic mass is 32.1. The van der Waals surface area contributed by atoms with Crippen molar-refractivity contribution in [2.24, 2.45) is 5.92 Å². The van der Waals surface area contributed by atoms with E-state index >= 15 is 0 Å². The van der Waals surface area contributed by atoms with Gasteiger partial charge in [-0.25, -0.2) is 14.4 Å². The molecule has 1 saturated heterocycles. The molecule has 7 heteroatoms. The maximum Gasteiger partial charge on any atom is 0.188 e. The number of nitrogens with zero attached hydrogens (tertiary/aromatic N) is 3. The molecule has 1 aliphatic rings. The zero-order chi connectivity index (χ0) is 19.3. The molecule has 0 spiro atoms.